The lowest BCUT2D eigenvalue weighted by Crippen LogP contribution is -2.57. The fraction of sp³-hybridized carbons (Fsp3) is 0.632. The van der Waals surface area contributed by atoms with Gasteiger partial charge in [0.1, 0.15) is 12.4 Å². The Hall–Kier alpha value is -1.30. The standard InChI is InChI=1S/C19H28ClN3O2/c1-21-9-11-23-18-8-10-22(14-15(18)2-7-19(23)24)12-13-25-17-5-3-16(20)4-6-17/h3-6,15,18,21H,2,7-14H2,1H3/t15-,18+/m0/s1. The summed E-state index contributed by atoms with van der Waals surface area (Å²) in [6.07, 6.45) is 2.79. The lowest BCUT2D eigenvalue weighted by atomic mass is 9.83. The van der Waals surface area contributed by atoms with Crippen molar-refractivity contribution in [2.45, 2.75) is 25.3 Å². The lowest BCUT2D eigenvalue weighted by Gasteiger charge is -2.47. The smallest absolute Gasteiger partial charge is 0.222 e. The van der Waals surface area contributed by atoms with E-state index in [1.165, 1.54) is 0 Å². The minimum atomic E-state index is 0.330. The van der Waals surface area contributed by atoms with Crippen molar-refractivity contribution in [1.82, 2.24) is 15.1 Å². The highest BCUT2D eigenvalue weighted by atomic mass is 35.5. The van der Waals surface area contributed by atoms with E-state index >= 15 is 0 Å². The molecule has 25 heavy (non-hydrogen) atoms. The zero-order valence-electron chi connectivity index (χ0n) is 14.9. The van der Waals surface area contributed by atoms with E-state index < -0.39 is 0 Å². The van der Waals surface area contributed by atoms with Crippen LogP contribution < -0.4 is 10.1 Å². The van der Waals surface area contributed by atoms with E-state index in [0.29, 0.717) is 30.9 Å². The molecule has 0 aliphatic carbocycles. The van der Waals surface area contributed by atoms with Gasteiger partial charge in [-0.1, -0.05) is 11.6 Å². The fourth-order valence-electron chi connectivity index (χ4n) is 3.98. The van der Waals surface area contributed by atoms with E-state index in [1.807, 2.05) is 31.3 Å². The molecule has 6 heteroatoms. The highest BCUT2D eigenvalue weighted by Gasteiger charge is 2.38. The molecule has 2 fully saturated rings. The fourth-order valence-corrected chi connectivity index (χ4v) is 4.10. The van der Waals surface area contributed by atoms with Crippen molar-refractivity contribution in [3.8, 4) is 5.75 Å². The largest absolute Gasteiger partial charge is 0.492 e. The van der Waals surface area contributed by atoms with Crippen LogP contribution in [-0.4, -0.2) is 68.1 Å². The molecule has 0 unspecified atom stereocenters. The maximum atomic E-state index is 12.2. The predicted octanol–water partition coefficient (Wildman–Crippen LogP) is 2.25. The second-order valence-corrected chi connectivity index (χ2v) is 7.38. The summed E-state index contributed by atoms with van der Waals surface area (Å²) in [4.78, 5) is 16.8. The molecular weight excluding hydrogens is 338 g/mol. The molecule has 1 aromatic carbocycles. The normalized spacial score (nSPS) is 24.2. The first kappa shape index (κ1) is 18.5. The average Bonchev–Trinajstić information content (AvgIpc) is 2.63. The summed E-state index contributed by atoms with van der Waals surface area (Å²) in [5.41, 5.74) is 0. The quantitative estimate of drug-likeness (QED) is 0.805. The Morgan fingerprint density at radius 1 is 1.24 bits per heavy atom. The van der Waals surface area contributed by atoms with Crippen LogP contribution in [-0.2, 0) is 4.79 Å². The lowest BCUT2D eigenvalue weighted by molar-refractivity contribution is -0.141. The van der Waals surface area contributed by atoms with Crippen molar-refractivity contribution < 1.29 is 9.53 Å². The minimum absolute atomic E-state index is 0.330. The Kier molecular flexibility index (Phi) is 6.57. The molecular formula is C19H28ClN3O2. The van der Waals surface area contributed by atoms with Crippen LogP contribution in [0.5, 0.6) is 5.75 Å². The van der Waals surface area contributed by atoms with Gasteiger partial charge in [0, 0.05) is 50.2 Å². The molecule has 0 spiro atoms. The summed E-state index contributed by atoms with van der Waals surface area (Å²) in [6.45, 7) is 5.41. The van der Waals surface area contributed by atoms with Crippen molar-refractivity contribution in [3.63, 3.8) is 0 Å². The van der Waals surface area contributed by atoms with Gasteiger partial charge in [0.15, 0.2) is 0 Å². The van der Waals surface area contributed by atoms with Crippen molar-refractivity contribution in [1.29, 1.82) is 0 Å². The van der Waals surface area contributed by atoms with Crippen LogP contribution in [0.2, 0.25) is 5.02 Å². The monoisotopic (exact) mass is 365 g/mol. The Morgan fingerprint density at radius 2 is 2.04 bits per heavy atom. The SMILES string of the molecule is CNCCN1C(=O)CC[C@H]2CN(CCOc3ccc(Cl)cc3)CC[C@H]21. The van der Waals surface area contributed by atoms with E-state index in [-0.39, 0.29) is 0 Å². The number of nitrogens with one attached hydrogen (secondary N) is 1. The molecule has 138 valence electrons. The van der Waals surface area contributed by atoms with Gasteiger partial charge in [-0.15, -0.1) is 0 Å². The van der Waals surface area contributed by atoms with Crippen molar-refractivity contribution in [2.24, 2.45) is 5.92 Å². The Morgan fingerprint density at radius 3 is 2.80 bits per heavy atom. The van der Waals surface area contributed by atoms with Gasteiger partial charge < -0.3 is 15.0 Å². The zero-order valence-corrected chi connectivity index (χ0v) is 15.7. The molecule has 0 radical (unpaired) electrons. The van der Waals surface area contributed by atoms with Gasteiger partial charge in [0.25, 0.3) is 0 Å². The number of likely N-dealkylation sites (tertiary alicyclic amines) is 2. The van der Waals surface area contributed by atoms with Gasteiger partial charge in [0.05, 0.1) is 0 Å². The third-order valence-corrected chi connectivity index (χ3v) is 5.57. The number of halogens is 1. The molecule has 5 nitrogen and oxygen atoms in total. The molecule has 2 aliphatic heterocycles. The molecule has 1 N–H and O–H groups in total. The summed E-state index contributed by atoms with van der Waals surface area (Å²) < 4.78 is 5.82. The topological polar surface area (TPSA) is 44.8 Å². The van der Waals surface area contributed by atoms with Crippen molar-refractivity contribution >= 4 is 17.5 Å². The van der Waals surface area contributed by atoms with E-state index in [2.05, 4.69) is 15.1 Å². The van der Waals surface area contributed by atoms with Gasteiger partial charge in [-0.2, -0.15) is 0 Å². The molecule has 1 amide bonds. The maximum Gasteiger partial charge on any atom is 0.222 e. The number of piperidine rings is 2. The summed E-state index contributed by atoms with van der Waals surface area (Å²) in [5, 5.41) is 3.88. The highest BCUT2D eigenvalue weighted by molar-refractivity contribution is 6.30. The van der Waals surface area contributed by atoms with E-state index in [1.54, 1.807) is 0 Å². The number of carbonyl (C=O) groups is 1. The molecule has 1 aromatic rings. The van der Waals surface area contributed by atoms with E-state index in [4.69, 9.17) is 16.3 Å². The number of hydrogen-bond donors (Lipinski definition) is 1. The maximum absolute atomic E-state index is 12.2. The molecule has 3 rings (SSSR count). The third-order valence-electron chi connectivity index (χ3n) is 5.32. The number of amides is 1. The third kappa shape index (κ3) is 4.87. The first-order chi connectivity index (χ1) is 12.2. The Labute approximate surface area is 155 Å². The van der Waals surface area contributed by atoms with Gasteiger partial charge >= 0.3 is 0 Å². The number of rotatable bonds is 7. The van der Waals surface area contributed by atoms with E-state index in [0.717, 1.165) is 56.3 Å². The number of benzene rings is 1. The van der Waals surface area contributed by atoms with Gasteiger partial charge in [-0.25, -0.2) is 0 Å². The van der Waals surface area contributed by atoms with Crippen LogP contribution in [0.1, 0.15) is 19.3 Å². The van der Waals surface area contributed by atoms with Crippen LogP contribution in [0.15, 0.2) is 24.3 Å². The van der Waals surface area contributed by atoms with Crippen LogP contribution >= 0.6 is 11.6 Å². The van der Waals surface area contributed by atoms with Crippen LogP contribution in [0.3, 0.4) is 0 Å². The number of nitrogens with zero attached hydrogens (tertiary/aromatic N) is 2. The van der Waals surface area contributed by atoms with Crippen LogP contribution in [0.4, 0.5) is 0 Å². The second kappa shape index (κ2) is 8.88. The number of likely N-dealkylation sites (N-methyl/N-ethyl adjacent to an activating group) is 1. The molecule has 2 saturated heterocycles. The van der Waals surface area contributed by atoms with Gasteiger partial charge in [-0.3, -0.25) is 9.69 Å². The number of fused-ring (bicyclic) bond motifs is 1. The molecule has 0 saturated carbocycles. The Balaban J connectivity index is 1.46. The summed E-state index contributed by atoms with van der Waals surface area (Å²) >= 11 is 5.89. The molecule has 2 aliphatic rings. The molecule has 2 atom stereocenters. The van der Waals surface area contributed by atoms with Crippen LogP contribution in [0.25, 0.3) is 0 Å². The van der Waals surface area contributed by atoms with E-state index in [9.17, 15) is 4.79 Å². The Bertz CT molecular complexity index is 566. The molecule has 2 heterocycles. The summed E-state index contributed by atoms with van der Waals surface area (Å²) in [5.74, 6) is 1.79. The zero-order chi connectivity index (χ0) is 17.6. The number of ether oxygens (including phenoxy) is 1. The first-order valence-corrected chi connectivity index (χ1v) is 9.60. The van der Waals surface area contributed by atoms with Gasteiger partial charge in [0.2, 0.25) is 5.91 Å². The summed E-state index contributed by atoms with van der Waals surface area (Å²) in [6, 6.07) is 7.92. The average molecular weight is 366 g/mol. The molecule has 0 aromatic heterocycles. The van der Waals surface area contributed by atoms with Gasteiger partial charge in [-0.05, 0) is 50.1 Å². The number of carbonyl (C=O) groups excluding carboxylic acids is 1. The minimum Gasteiger partial charge on any atom is -0.492 e. The van der Waals surface area contributed by atoms with Crippen molar-refractivity contribution in [2.75, 3.05) is 46.4 Å². The predicted molar refractivity (Wildman–Crippen MR) is 100 cm³/mol. The first-order valence-electron chi connectivity index (χ1n) is 9.22. The summed E-state index contributed by atoms with van der Waals surface area (Å²) in [7, 11) is 1.94. The molecule has 0 bridgehead atoms. The van der Waals surface area contributed by atoms with Crippen molar-refractivity contribution in [3.05, 3.63) is 29.3 Å². The number of hydrogen-bond acceptors (Lipinski definition) is 4. The van der Waals surface area contributed by atoms with Crippen LogP contribution in [0, 0.1) is 5.92 Å². The highest BCUT2D eigenvalue weighted by Crippen LogP contribution is 2.31. The second-order valence-electron chi connectivity index (χ2n) is 6.95.